The van der Waals surface area contributed by atoms with Gasteiger partial charge in [-0.25, -0.2) is 0 Å². The van der Waals surface area contributed by atoms with Crippen molar-refractivity contribution in [3.63, 3.8) is 0 Å². The van der Waals surface area contributed by atoms with E-state index in [0.29, 0.717) is 6.04 Å². The third-order valence-corrected chi connectivity index (χ3v) is 3.51. The van der Waals surface area contributed by atoms with Crippen LogP contribution in [0.25, 0.3) is 0 Å². The van der Waals surface area contributed by atoms with E-state index >= 15 is 0 Å². The molecule has 1 unspecified atom stereocenters. The van der Waals surface area contributed by atoms with Gasteiger partial charge in [-0.1, -0.05) is 18.2 Å². The summed E-state index contributed by atoms with van der Waals surface area (Å²) in [5.41, 5.74) is 1.28. The summed E-state index contributed by atoms with van der Waals surface area (Å²) in [7, 11) is 0. The molecule has 0 aromatic heterocycles. The number of hydrogen-bond donors (Lipinski definition) is 1. The molecule has 0 saturated carbocycles. The van der Waals surface area contributed by atoms with Gasteiger partial charge in [0, 0.05) is 37.8 Å². The third kappa shape index (κ3) is 2.83. The number of morpholine rings is 1. The zero-order valence-electron chi connectivity index (χ0n) is 10.6. The van der Waals surface area contributed by atoms with Crippen molar-refractivity contribution in [2.24, 2.45) is 0 Å². The molecule has 0 aliphatic carbocycles. The van der Waals surface area contributed by atoms with Gasteiger partial charge in [-0.15, -0.1) is 0 Å². The summed E-state index contributed by atoms with van der Waals surface area (Å²) >= 11 is 0. The molecule has 1 aromatic rings. The summed E-state index contributed by atoms with van der Waals surface area (Å²) in [6.07, 6.45) is 0. The molecular weight excluding hydrogens is 228 g/mol. The highest BCUT2D eigenvalue weighted by atomic mass is 16.5. The average Bonchev–Trinajstić information content (AvgIpc) is 2.61. The standard InChI is InChI=1S/C14H20N2O2/c1-2-4-14-12(3-1)9-16(6-8-18-14)10-13-11-17-7-5-15-13/h1-4,13,15H,5-11H2. The lowest BCUT2D eigenvalue weighted by atomic mass is 10.2. The zero-order chi connectivity index (χ0) is 12.2. The molecule has 2 aliphatic heterocycles. The van der Waals surface area contributed by atoms with Gasteiger partial charge in [0.05, 0.1) is 13.2 Å². The van der Waals surface area contributed by atoms with Crippen LogP contribution in [0.1, 0.15) is 5.56 Å². The van der Waals surface area contributed by atoms with Crippen molar-refractivity contribution < 1.29 is 9.47 Å². The minimum atomic E-state index is 0.448. The van der Waals surface area contributed by atoms with Gasteiger partial charge in [0.25, 0.3) is 0 Å². The number of benzene rings is 1. The molecule has 3 rings (SSSR count). The fourth-order valence-electron chi connectivity index (χ4n) is 2.58. The topological polar surface area (TPSA) is 33.7 Å². The Labute approximate surface area is 108 Å². The van der Waals surface area contributed by atoms with E-state index in [4.69, 9.17) is 9.47 Å². The second-order valence-electron chi connectivity index (χ2n) is 4.92. The summed E-state index contributed by atoms with van der Waals surface area (Å²) in [6, 6.07) is 8.77. The highest BCUT2D eigenvalue weighted by Crippen LogP contribution is 2.22. The van der Waals surface area contributed by atoms with Crippen LogP contribution >= 0.6 is 0 Å². The van der Waals surface area contributed by atoms with Crippen molar-refractivity contribution in [1.82, 2.24) is 10.2 Å². The monoisotopic (exact) mass is 248 g/mol. The molecule has 0 bridgehead atoms. The lowest BCUT2D eigenvalue weighted by Gasteiger charge is -2.29. The van der Waals surface area contributed by atoms with Crippen molar-refractivity contribution in [2.45, 2.75) is 12.6 Å². The first-order chi connectivity index (χ1) is 8.92. The maximum absolute atomic E-state index is 5.77. The number of fused-ring (bicyclic) bond motifs is 1. The van der Waals surface area contributed by atoms with Crippen LogP contribution in [0, 0.1) is 0 Å². The van der Waals surface area contributed by atoms with Crippen LogP contribution in [0.2, 0.25) is 0 Å². The molecule has 4 heteroatoms. The smallest absolute Gasteiger partial charge is 0.123 e. The van der Waals surface area contributed by atoms with Crippen LogP contribution in [-0.4, -0.2) is 50.4 Å². The first-order valence-corrected chi connectivity index (χ1v) is 6.66. The van der Waals surface area contributed by atoms with E-state index in [9.17, 15) is 0 Å². The maximum Gasteiger partial charge on any atom is 0.123 e. The summed E-state index contributed by atoms with van der Waals surface area (Å²) in [5.74, 6) is 1.04. The predicted molar refractivity (Wildman–Crippen MR) is 69.8 cm³/mol. The fourth-order valence-corrected chi connectivity index (χ4v) is 2.58. The van der Waals surface area contributed by atoms with Crippen LogP contribution in [0.3, 0.4) is 0 Å². The zero-order valence-corrected chi connectivity index (χ0v) is 10.6. The molecular formula is C14H20N2O2. The van der Waals surface area contributed by atoms with Gasteiger partial charge in [0.15, 0.2) is 0 Å². The van der Waals surface area contributed by atoms with Crippen LogP contribution in [0.5, 0.6) is 5.75 Å². The van der Waals surface area contributed by atoms with Gasteiger partial charge in [0.2, 0.25) is 0 Å². The predicted octanol–water partition coefficient (Wildman–Crippen LogP) is 0.869. The highest BCUT2D eigenvalue weighted by molar-refractivity contribution is 5.33. The van der Waals surface area contributed by atoms with Gasteiger partial charge in [-0.2, -0.15) is 0 Å². The van der Waals surface area contributed by atoms with Gasteiger partial charge in [-0.3, -0.25) is 4.90 Å². The molecule has 2 heterocycles. The second kappa shape index (κ2) is 5.69. The normalized spacial score (nSPS) is 25.0. The maximum atomic E-state index is 5.77. The Kier molecular flexibility index (Phi) is 3.78. The lowest BCUT2D eigenvalue weighted by Crippen LogP contribution is -2.48. The molecule has 1 N–H and O–H groups in total. The Balaban J connectivity index is 1.63. The molecule has 0 radical (unpaired) electrons. The Morgan fingerprint density at radius 2 is 2.22 bits per heavy atom. The summed E-state index contributed by atoms with van der Waals surface area (Å²) in [5, 5.41) is 3.50. The number of rotatable bonds is 2. The van der Waals surface area contributed by atoms with E-state index in [1.807, 2.05) is 6.07 Å². The van der Waals surface area contributed by atoms with E-state index in [1.165, 1.54) is 5.56 Å². The van der Waals surface area contributed by atoms with E-state index in [0.717, 1.165) is 51.7 Å². The van der Waals surface area contributed by atoms with E-state index in [1.54, 1.807) is 0 Å². The number of nitrogens with one attached hydrogen (secondary N) is 1. The molecule has 1 aromatic carbocycles. The van der Waals surface area contributed by atoms with Gasteiger partial charge in [0.1, 0.15) is 12.4 Å². The Morgan fingerprint density at radius 3 is 3.11 bits per heavy atom. The van der Waals surface area contributed by atoms with E-state index < -0.39 is 0 Å². The molecule has 1 fully saturated rings. The summed E-state index contributed by atoms with van der Waals surface area (Å²) in [6.45, 7) is 6.36. The number of ether oxygens (including phenoxy) is 2. The van der Waals surface area contributed by atoms with Crippen LogP contribution in [0.4, 0.5) is 0 Å². The van der Waals surface area contributed by atoms with Gasteiger partial charge >= 0.3 is 0 Å². The van der Waals surface area contributed by atoms with Crippen molar-refractivity contribution in [3.05, 3.63) is 29.8 Å². The number of nitrogens with zero attached hydrogens (tertiary/aromatic N) is 1. The van der Waals surface area contributed by atoms with Gasteiger partial charge in [-0.05, 0) is 6.07 Å². The molecule has 98 valence electrons. The first kappa shape index (κ1) is 12.0. The van der Waals surface area contributed by atoms with Crippen LogP contribution in [-0.2, 0) is 11.3 Å². The molecule has 1 saturated heterocycles. The summed E-state index contributed by atoms with van der Waals surface area (Å²) in [4.78, 5) is 2.44. The largest absolute Gasteiger partial charge is 0.492 e. The molecule has 2 aliphatic rings. The van der Waals surface area contributed by atoms with Crippen LogP contribution < -0.4 is 10.1 Å². The average molecular weight is 248 g/mol. The van der Waals surface area contributed by atoms with Crippen molar-refractivity contribution in [1.29, 1.82) is 0 Å². The van der Waals surface area contributed by atoms with Crippen molar-refractivity contribution in [2.75, 3.05) is 39.5 Å². The minimum Gasteiger partial charge on any atom is -0.492 e. The van der Waals surface area contributed by atoms with Crippen molar-refractivity contribution in [3.8, 4) is 5.75 Å². The molecule has 1 atom stereocenters. The molecule has 0 amide bonds. The molecule has 0 spiro atoms. The van der Waals surface area contributed by atoms with E-state index in [-0.39, 0.29) is 0 Å². The Morgan fingerprint density at radius 1 is 1.28 bits per heavy atom. The Bertz CT molecular complexity index is 391. The highest BCUT2D eigenvalue weighted by Gasteiger charge is 2.20. The Hall–Kier alpha value is -1.10. The number of hydrogen-bond acceptors (Lipinski definition) is 4. The quantitative estimate of drug-likeness (QED) is 0.842. The molecule has 4 nitrogen and oxygen atoms in total. The lowest BCUT2D eigenvalue weighted by molar-refractivity contribution is 0.0598. The number of para-hydroxylation sites is 1. The third-order valence-electron chi connectivity index (χ3n) is 3.51. The van der Waals surface area contributed by atoms with Crippen LogP contribution in [0.15, 0.2) is 24.3 Å². The SMILES string of the molecule is c1ccc2c(c1)CN(CC1COCCN1)CCO2. The first-order valence-electron chi connectivity index (χ1n) is 6.66. The minimum absolute atomic E-state index is 0.448. The van der Waals surface area contributed by atoms with Gasteiger partial charge < -0.3 is 14.8 Å². The van der Waals surface area contributed by atoms with E-state index in [2.05, 4.69) is 28.4 Å². The summed E-state index contributed by atoms with van der Waals surface area (Å²) < 4.78 is 11.3. The fraction of sp³-hybridized carbons (Fsp3) is 0.571. The molecule has 18 heavy (non-hydrogen) atoms. The second-order valence-corrected chi connectivity index (χ2v) is 4.92. The van der Waals surface area contributed by atoms with Crippen molar-refractivity contribution >= 4 is 0 Å².